The van der Waals surface area contributed by atoms with Crippen LogP contribution in [0.5, 0.6) is 5.75 Å². The van der Waals surface area contributed by atoms with Gasteiger partial charge in [0.05, 0.1) is 12.2 Å². The highest BCUT2D eigenvalue weighted by Gasteiger charge is 2.43. The van der Waals surface area contributed by atoms with Crippen molar-refractivity contribution in [3.63, 3.8) is 0 Å². The topological polar surface area (TPSA) is 18.5 Å². The van der Waals surface area contributed by atoms with Crippen LogP contribution in [0.3, 0.4) is 0 Å². The summed E-state index contributed by atoms with van der Waals surface area (Å²) in [4.78, 5) is 0. The van der Waals surface area contributed by atoms with Gasteiger partial charge in [-0.1, -0.05) is 15.9 Å². The van der Waals surface area contributed by atoms with Gasteiger partial charge in [-0.25, -0.2) is 4.39 Å². The molecule has 3 rings (SSSR count). The quantitative estimate of drug-likeness (QED) is 0.774. The molecule has 2 aliphatic rings. The molecule has 0 bridgehead atoms. The second-order valence-electron chi connectivity index (χ2n) is 5.50. The second-order valence-corrected chi connectivity index (χ2v) is 6.06. The van der Waals surface area contributed by atoms with E-state index in [1.807, 2.05) is 0 Å². The van der Waals surface area contributed by atoms with Crippen LogP contribution in [0, 0.1) is 5.82 Å². The minimum absolute atomic E-state index is 0.0809. The molecule has 1 aliphatic heterocycles. The number of hydrogen-bond donors (Lipinski definition) is 0. The molecule has 2 fully saturated rings. The zero-order valence-corrected chi connectivity index (χ0v) is 12.4. The maximum absolute atomic E-state index is 13.2. The van der Waals surface area contributed by atoms with Crippen molar-refractivity contribution in [3.8, 4) is 5.75 Å². The Labute approximate surface area is 121 Å². The van der Waals surface area contributed by atoms with E-state index in [4.69, 9.17) is 9.47 Å². The molecule has 1 spiro atoms. The lowest BCUT2D eigenvalue weighted by atomic mass is 9.74. The molecule has 1 saturated heterocycles. The van der Waals surface area contributed by atoms with Gasteiger partial charge in [-0.05, 0) is 37.5 Å². The molecule has 0 amide bonds. The molecular weight excluding hydrogens is 311 g/mol. The lowest BCUT2D eigenvalue weighted by Crippen LogP contribution is -2.48. The standard InChI is InChI=1S/C15H18BrFO2/c16-10-11-8-12(17)2-3-14(11)19-13-4-7-18-15(9-13)5-1-6-15/h2-3,8,13H,1,4-7,9-10H2. The molecule has 2 nitrogen and oxygen atoms in total. The monoisotopic (exact) mass is 328 g/mol. The molecule has 1 heterocycles. The molecule has 1 aromatic carbocycles. The summed E-state index contributed by atoms with van der Waals surface area (Å²) in [5, 5.41) is 0.606. The fourth-order valence-corrected chi connectivity index (χ4v) is 3.39. The summed E-state index contributed by atoms with van der Waals surface area (Å²) in [7, 11) is 0. The van der Waals surface area contributed by atoms with Gasteiger partial charge in [-0.2, -0.15) is 0 Å². The van der Waals surface area contributed by atoms with E-state index in [9.17, 15) is 4.39 Å². The SMILES string of the molecule is Fc1ccc(OC2CCOC3(CCC3)C2)c(CBr)c1. The van der Waals surface area contributed by atoms with Crippen LogP contribution in [0.2, 0.25) is 0 Å². The van der Waals surface area contributed by atoms with Gasteiger partial charge in [0.15, 0.2) is 0 Å². The smallest absolute Gasteiger partial charge is 0.123 e. The third-order valence-corrected chi connectivity index (χ3v) is 4.78. The van der Waals surface area contributed by atoms with Crippen molar-refractivity contribution in [3.05, 3.63) is 29.6 Å². The summed E-state index contributed by atoms with van der Waals surface area (Å²) in [6.07, 6.45) is 5.64. The van der Waals surface area contributed by atoms with Gasteiger partial charge in [-0.15, -0.1) is 0 Å². The Morgan fingerprint density at radius 3 is 2.95 bits per heavy atom. The van der Waals surface area contributed by atoms with Gasteiger partial charge in [0.1, 0.15) is 17.7 Å². The predicted octanol–water partition coefficient (Wildman–Crippen LogP) is 4.20. The van der Waals surface area contributed by atoms with E-state index in [1.54, 1.807) is 6.07 Å². The number of ether oxygens (including phenoxy) is 2. The minimum atomic E-state index is -0.218. The number of hydrogen-bond acceptors (Lipinski definition) is 2. The molecule has 1 unspecified atom stereocenters. The van der Waals surface area contributed by atoms with Gasteiger partial charge in [0, 0.05) is 23.7 Å². The Morgan fingerprint density at radius 2 is 2.26 bits per heavy atom. The highest BCUT2D eigenvalue weighted by Crippen LogP contribution is 2.43. The van der Waals surface area contributed by atoms with Crippen molar-refractivity contribution in [2.24, 2.45) is 0 Å². The molecule has 0 N–H and O–H groups in total. The summed E-state index contributed by atoms with van der Waals surface area (Å²) < 4.78 is 25.2. The average molecular weight is 329 g/mol. The zero-order valence-electron chi connectivity index (χ0n) is 10.8. The number of benzene rings is 1. The maximum Gasteiger partial charge on any atom is 0.123 e. The van der Waals surface area contributed by atoms with Crippen molar-refractivity contribution in [1.82, 2.24) is 0 Å². The number of alkyl halides is 1. The van der Waals surface area contributed by atoms with E-state index in [-0.39, 0.29) is 17.5 Å². The van der Waals surface area contributed by atoms with Crippen LogP contribution in [0.15, 0.2) is 18.2 Å². The lowest BCUT2D eigenvalue weighted by molar-refractivity contribution is -0.153. The van der Waals surface area contributed by atoms with Crippen molar-refractivity contribution in [1.29, 1.82) is 0 Å². The normalized spacial score (nSPS) is 25.1. The summed E-state index contributed by atoms with van der Waals surface area (Å²) >= 11 is 3.38. The fourth-order valence-electron chi connectivity index (χ4n) is 2.95. The fraction of sp³-hybridized carbons (Fsp3) is 0.600. The van der Waals surface area contributed by atoms with Gasteiger partial charge in [0.25, 0.3) is 0 Å². The van der Waals surface area contributed by atoms with E-state index in [0.29, 0.717) is 5.33 Å². The maximum atomic E-state index is 13.2. The molecule has 19 heavy (non-hydrogen) atoms. The van der Waals surface area contributed by atoms with E-state index in [1.165, 1.54) is 18.6 Å². The first kappa shape index (κ1) is 13.4. The Bertz CT molecular complexity index is 459. The molecule has 1 aliphatic carbocycles. The summed E-state index contributed by atoms with van der Waals surface area (Å²) in [5.74, 6) is 0.573. The third-order valence-electron chi connectivity index (χ3n) is 4.17. The van der Waals surface area contributed by atoms with E-state index in [2.05, 4.69) is 15.9 Å². The Morgan fingerprint density at radius 1 is 1.42 bits per heavy atom. The molecule has 0 aromatic heterocycles. The van der Waals surface area contributed by atoms with Crippen molar-refractivity contribution in [2.75, 3.05) is 6.61 Å². The molecular formula is C15H18BrFO2. The first-order valence-corrected chi connectivity index (χ1v) is 7.98. The van der Waals surface area contributed by atoms with E-state index < -0.39 is 0 Å². The third kappa shape index (κ3) is 2.79. The van der Waals surface area contributed by atoms with Crippen molar-refractivity contribution < 1.29 is 13.9 Å². The molecule has 4 heteroatoms. The highest BCUT2D eigenvalue weighted by atomic mass is 79.9. The minimum Gasteiger partial charge on any atom is -0.490 e. The number of halogens is 2. The molecule has 0 radical (unpaired) electrons. The van der Waals surface area contributed by atoms with Crippen molar-refractivity contribution in [2.45, 2.75) is 49.1 Å². The van der Waals surface area contributed by atoms with Crippen molar-refractivity contribution >= 4 is 15.9 Å². The highest BCUT2D eigenvalue weighted by molar-refractivity contribution is 9.08. The largest absolute Gasteiger partial charge is 0.490 e. The first-order chi connectivity index (χ1) is 9.21. The zero-order chi connectivity index (χ0) is 13.3. The Balaban J connectivity index is 1.70. The Hall–Kier alpha value is -0.610. The summed E-state index contributed by atoms with van der Waals surface area (Å²) in [5.41, 5.74) is 0.950. The van der Waals surface area contributed by atoms with Gasteiger partial charge in [-0.3, -0.25) is 0 Å². The van der Waals surface area contributed by atoms with E-state index >= 15 is 0 Å². The van der Waals surface area contributed by atoms with Gasteiger partial charge >= 0.3 is 0 Å². The second kappa shape index (κ2) is 5.41. The van der Waals surface area contributed by atoms with Crippen LogP contribution in [0.1, 0.15) is 37.7 Å². The first-order valence-electron chi connectivity index (χ1n) is 6.86. The molecule has 104 valence electrons. The van der Waals surface area contributed by atoms with Crippen LogP contribution >= 0.6 is 15.9 Å². The van der Waals surface area contributed by atoms with Crippen LogP contribution in [0.4, 0.5) is 4.39 Å². The van der Waals surface area contributed by atoms with Gasteiger partial charge in [0.2, 0.25) is 0 Å². The summed E-state index contributed by atoms with van der Waals surface area (Å²) in [6, 6.07) is 4.72. The molecule has 1 atom stereocenters. The van der Waals surface area contributed by atoms with Crippen LogP contribution < -0.4 is 4.74 Å². The average Bonchev–Trinajstić information content (AvgIpc) is 2.39. The van der Waals surface area contributed by atoms with E-state index in [0.717, 1.165) is 43.6 Å². The lowest BCUT2D eigenvalue weighted by Gasteiger charge is -2.47. The summed E-state index contributed by atoms with van der Waals surface area (Å²) in [6.45, 7) is 0.773. The number of rotatable bonds is 3. The van der Waals surface area contributed by atoms with Crippen LogP contribution in [-0.2, 0) is 10.1 Å². The van der Waals surface area contributed by atoms with Crippen LogP contribution in [-0.4, -0.2) is 18.3 Å². The molecule has 1 aromatic rings. The Kier molecular flexibility index (Phi) is 3.81. The van der Waals surface area contributed by atoms with Crippen LogP contribution in [0.25, 0.3) is 0 Å². The predicted molar refractivity (Wildman–Crippen MR) is 75.2 cm³/mol. The van der Waals surface area contributed by atoms with Gasteiger partial charge < -0.3 is 9.47 Å². The molecule has 1 saturated carbocycles.